The van der Waals surface area contributed by atoms with E-state index in [1.807, 2.05) is 4.90 Å². The fourth-order valence-electron chi connectivity index (χ4n) is 1.54. The van der Waals surface area contributed by atoms with E-state index < -0.39 is 0 Å². The Balaban J connectivity index is 2.48. The summed E-state index contributed by atoms with van der Waals surface area (Å²) in [5.74, 6) is 0.177. The number of nitrogens with one attached hydrogen (secondary N) is 1. The molecule has 1 heterocycles. The molecule has 1 aliphatic rings. The van der Waals surface area contributed by atoms with Crippen molar-refractivity contribution in [1.29, 1.82) is 0 Å². The molecule has 0 bridgehead atoms. The lowest BCUT2D eigenvalue weighted by Gasteiger charge is -2.33. The van der Waals surface area contributed by atoms with Crippen LogP contribution in [0.25, 0.3) is 0 Å². The van der Waals surface area contributed by atoms with Gasteiger partial charge in [-0.2, -0.15) is 0 Å². The monoisotopic (exact) mass is 172 g/mol. The maximum Gasteiger partial charge on any atom is 0.148 e. The van der Waals surface area contributed by atoms with E-state index in [2.05, 4.69) is 5.32 Å². The second-order valence-electron chi connectivity index (χ2n) is 3.09. The van der Waals surface area contributed by atoms with Gasteiger partial charge in [0.1, 0.15) is 5.78 Å². The van der Waals surface area contributed by atoms with Crippen LogP contribution in [0, 0.1) is 0 Å². The number of hydrogen-bond donors (Lipinski definition) is 2. The van der Waals surface area contributed by atoms with Gasteiger partial charge in [-0.1, -0.05) is 0 Å². The predicted octanol–water partition coefficient (Wildman–Crippen LogP) is -1.16. The molecule has 12 heavy (non-hydrogen) atoms. The van der Waals surface area contributed by atoms with Crippen molar-refractivity contribution in [2.45, 2.75) is 13.0 Å². The first kappa shape index (κ1) is 9.64. The lowest BCUT2D eigenvalue weighted by Crippen LogP contribution is -2.54. The molecule has 0 spiro atoms. The summed E-state index contributed by atoms with van der Waals surface area (Å²) in [4.78, 5) is 13.1. The van der Waals surface area contributed by atoms with Crippen molar-refractivity contribution in [1.82, 2.24) is 10.2 Å². The molecule has 0 aliphatic carbocycles. The van der Waals surface area contributed by atoms with Gasteiger partial charge in [-0.3, -0.25) is 9.69 Å². The Morgan fingerprint density at radius 1 is 1.75 bits per heavy atom. The number of hydrogen-bond acceptors (Lipinski definition) is 4. The molecule has 0 aromatic rings. The number of carbonyl (C=O) groups excluding carboxylic acids is 1. The van der Waals surface area contributed by atoms with Crippen molar-refractivity contribution in [2.24, 2.45) is 0 Å². The van der Waals surface area contributed by atoms with Gasteiger partial charge in [0.05, 0.1) is 12.6 Å². The summed E-state index contributed by atoms with van der Waals surface area (Å²) in [5.41, 5.74) is 0. The molecular formula is C8H16N2O2. The minimum absolute atomic E-state index is 0.0362. The molecule has 4 nitrogen and oxygen atoms in total. The number of carbonyl (C=O) groups is 1. The van der Waals surface area contributed by atoms with Crippen LogP contribution < -0.4 is 5.32 Å². The fourth-order valence-corrected chi connectivity index (χ4v) is 1.54. The van der Waals surface area contributed by atoms with Gasteiger partial charge in [0.25, 0.3) is 0 Å². The molecule has 4 heteroatoms. The Bertz CT molecular complexity index is 159. The molecule has 1 fully saturated rings. The second kappa shape index (κ2) is 4.54. The number of piperazine rings is 1. The van der Waals surface area contributed by atoms with Crippen molar-refractivity contribution in [3.63, 3.8) is 0 Å². The molecule has 0 aromatic carbocycles. The SMILES string of the molecule is CC(=O)C1CNCCN1CCO. The van der Waals surface area contributed by atoms with Gasteiger partial charge in [-0.15, -0.1) is 0 Å². The highest BCUT2D eigenvalue weighted by atomic mass is 16.3. The molecule has 1 atom stereocenters. The number of aliphatic hydroxyl groups is 1. The third-order valence-electron chi connectivity index (χ3n) is 2.21. The van der Waals surface area contributed by atoms with Gasteiger partial charge in [0.15, 0.2) is 0 Å². The predicted molar refractivity (Wildman–Crippen MR) is 46.0 cm³/mol. The van der Waals surface area contributed by atoms with Crippen molar-refractivity contribution >= 4 is 5.78 Å². The van der Waals surface area contributed by atoms with Gasteiger partial charge in [-0.25, -0.2) is 0 Å². The topological polar surface area (TPSA) is 52.6 Å². The quantitative estimate of drug-likeness (QED) is 0.564. The summed E-state index contributed by atoms with van der Waals surface area (Å²) >= 11 is 0. The molecule has 0 saturated carbocycles. The lowest BCUT2D eigenvalue weighted by molar-refractivity contribution is -0.122. The fraction of sp³-hybridized carbons (Fsp3) is 0.875. The lowest BCUT2D eigenvalue weighted by atomic mass is 10.1. The van der Waals surface area contributed by atoms with Crippen LogP contribution in [0.3, 0.4) is 0 Å². The zero-order chi connectivity index (χ0) is 8.97. The first-order valence-electron chi connectivity index (χ1n) is 4.32. The average molecular weight is 172 g/mol. The van der Waals surface area contributed by atoms with E-state index in [4.69, 9.17) is 5.11 Å². The van der Waals surface area contributed by atoms with Gasteiger partial charge < -0.3 is 10.4 Å². The number of nitrogens with zero attached hydrogens (tertiary/aromatic N) is 1. The van der Waals surface area contributed by atoms with E-state index in [0.717, 1.165) is 19.6 Å². The summed E-state index contributed by atoms with van der Waals surface area (Å²) in [7, 11) is 0. The summed E-state index contributed by atoms with van der Waals surface area (Å²) < 4.78 is 0. The van der Waals surface area contributed by atoms with Crippen LogP contribution in [0.4, 0.5) is 0 Å². The van der Waals surface area contributed by atoms with Gasteiger partial charge in [0.2, 0.25) is 0 Å². The highest BCUT2D eigenvalue weighted by Gasteiger charge is 2.24. The van der Waals surface area contributed by atoms with Gasteiger partial charge in [-0.05, 0) is 6.92 Å². The molecular weight excluding hydrogens is 156 g/mol. The molecule has 0 amide bonds. The highest BCUT2D eigenvalue weighted by Crippen LogP contribution is 2.03. The van der Waals surface area contributed by atoms with E-state index in [1.165, 1.54) is 0 Å². The molecule has 1 saturated heterocycles. The zero-order valence-corrected chi connectivity index (χ0v) is 7.42. The molecule has 1 aliphatic heterocycles. The van der Waals surface area contributed by atoms with Gasteiger partial charge in [0, 0.05) is 26.2 Å². The zero-order valence-electron chi connectivity index (χ0n) is 7.42. The number of ketones is 1. The standard InChI is InChI=1S/C8H16N2O2/c1-7(12)8-6-9-2-3-10(8)4-5-11/h8-9,11H,2-6H2,1H3. The first-order chi connectivity index (χ1) is 5.75. The van der Waals surface area contributed by atoms with E-state index >= 15 is 0 Å². The summed E-state index contributed by atoms with van der Waals surface area (Å²) in [5, 5.41) is 11.9. The van der Waals surface area contributed by atoms with Crippen molar-refractivity contribution in [3.05, 3.63) is 0 Å². The number of Topliss-reactive ketones (excluding diaryl/α,β-unsaturated/α-hetero) is 1. The van der Waals surface area contributed by atoms with Crippen LogP contribution >= 0.6 is 0 Å². The summed E-state index contributed by atoms with van der Waals surface area (Å²) in [6.45, 7) is 4.81. The second-order valence-corrected chi connectivity index (χ2v) is 3.09. The van der Waals surface area contributed by atoms with E-state index in [1.54, 1.807) is 6.92 Å². The van der Waals surface area contributed by atoms with E-state index in [-0.39, 0.29) is 18.4 Å². The Labute approximate surface area is 72.6 Å². The molecule has 0 radical (unpaired) electrons. The smallest absolute Gasteiger partial charge is 0.148 e. The normalized spacial score (nSPS) is 25.7. The largest absolute Gasteiger partial charge is 0.395 e. The van der Waals surface area contributed by atoms with Crippen molar-refractivity contribution < 1.29 is 9.90 Å². The maximum atomic E-state index is 11.1. The average Bonchev–Trinajstić information content (AvgIpc) is 2.05. The molecule has 70 valence electrons. The molecule has 2 N–H and O–H groups in total. The van der Waals surface area contributed by atoms with E-state index in [0.29, 0.717) is 6.54 Å². The molecule has 1 rings (SSSR count). The van der Waals surface area contributed by atoms with E-state index in [9.17, 15) is 4.79 Å². The van der Waals surface area contributed by atoms with Crippen molar-refractivity contribution in [2.75, 3.05) is 32.8 Å². The number of rotatable bonds is 3. The van der Waals surface area contributed by atoms with Crippen molar-refractivity contribution in [3.8, 4) is 0 Å². The maximum absolute atomic E-state index is 11.1. The third kappa shape index (κ3) is 2.27. The Morgan fingerprint density at radius 3 is 3.08 bits per heavy atom. The number of aliphatic hydroxyl groups excluding tert-OH is 1. The minimum Gasteiger partial charge on any atom is -0.395 e. The van der Waals surface area contributed by atoms with Crippen LogP contribution in [0.5, 0.6) is 0 Å². The third-order valence-corrected chi connectivity index (χ3v) is 2.21. The molecule has 1 unspecified atom stereocenters. The van der Waals surface area contributed by atoms with Crippen LogP contribution in [-0.2, 0) is 4.79 Å². The highest BCUT2D eigenvalue weighted by molar-refractivity contribution is 5.81. The van der Waals surface area contributed by atoms with Crippen LogP contribution in [0.15, 0.2) is 0 Å². The Morgan fingerprint density at radius 2 is 2.50 bits per heavy atom. The van der Waals surface area contributed by atoms with Gasteiger partial charge >= 0.3 is 0 Å². The van der Waals surface area contributed by atoms with Crippen LogP contribution in [0.2, 0.25) is 0 Å². The first-order valence-corrected chi connectivity index (χ1v) is 4.32. The minimum atomic E-state index is -0.0362. The summed E-state index contributed by atoms with van der Waals surface area (Å²) in [6, 6.07) is -0.0362. The number of β-amino-alcohol motifs (C(OH)–C–C–N with tert-alkyl or cyclic N) is 1. The summed E-state index contributed by atoms with van der Waals surface area (Å²) in [6.07, 6.45) is 0. The van der Waals surface area contributed by atoms with Crippen LogP contribution in [-0.4, -0.2) is 54.6 Å². The van der Waals surface area contributed by atoms with Crippen LogP contribution in [0.1, 0.15) is 6.92 Å². The Kier molecular flexibility index (Phi) is 3.65. The molecule has 0 aromatic heterocycles. The Hall–Kier alpha value is -0.450.